The Hall–Kier alpha value is -0.990. The van der Waals surface area contributed by atoms with E-state index in [2.05, 4.69) is 11.3 Å². The van der Waals surface area contributed by atoms with Crippen molar-refractivity contribution in [2.75, 3.05) is 5.73 Å². The molecule has 3 heteroatoms. The third kappa shape index (κ3) is 1.87. The molecule has 0 saturated heterocycles. The average Bonchev–Trinajstić information content (AvgIpc) is 3.07. The lowest BCUT2D eigenvalue weighted by Crippen LogP contribution is -2.01. The summed E-state index contributed by atoms with van der Waals surface area (Å²) in [6, 6.07) is 0. The van der Waals surface area contributed by atoms with Crippen LogP contribution in [-0.2, 0) is 6.54 Å². The van der Waals surface area contributed by atoms with Crippen LogP contribution in [-0.4, -0.2) is 9.78 Å². The van der Waals surface area contributed by atoms with Gasteiger partial charge in [0.25, 0.3) is 0 Å². The Labute approximate surface area is 90.7 Å². The lowest BCUT2D eigenvalue weighted by Gasteiger charge is -2.00. The lowest BCUT2D eigenvalue weighted by atomic mass is 10.2. The van der Waals surface area contributed by atoms with Crippen molar-refractivity contribution in [2.24, 2.45) is 17.8 Å². The van der Waals surface area contributed by atoms with Crippen molar-refractivity contribution in [3.05, 3.63) is 11.8 Å². The fourth-order valence-electron chi connectivity index (χ4n) is 2.65. The minimum Gasteiger partial charge on any atom is -0.382 e. The van der Waals surface area contributed by atoms with Gasteiger partial charge in [-0.1, -0.05) is 0 Å². The van der Waals surface area contributed by atoms with Crippen molar-refractivity contribution < 1.29 is 0 Å². The van der Waals surface area contributed by atoms with Gasteiger partial charge >= 0.3 is 0 Å². The molecule has 0 aliphatic heterocycles. The highest BCUT2D eigenvalue weighted by molar-refractivity contribution is 5.35. The van der Waals surface area contributed by atoms with Crippen molar-refractivity contribution in [1.29, 1.82) is 0 Å². The molecule has 2 fully saturated rings. The highest BCUT2D eigenvalue weighted by Crippen LogP contribution is 2.55. The summed E-state index contributed by atoms with van der Waals surface area (Å²) in [5, 5.41) is 4.29. The minimum atomic E-state index is 0.685. The van der Waals surface area contributed by atoms with Gasteiger partial charge in [-0.3, -0.25) is 4.68 Å². The number of nitrogens with two attached hydrogens (primary N) is 1. The lowest BCUT2D eigenvalue weighted by molar-refractivity contribution is 0.510. The number of anilines is 1. The summed E-state index contributed by atoms with van der Waals surface area (Å²) in [7, 11) is 0. The van der Waals surface area contributed by atoms with Gasteiger partial charge in [-0.2, -0.15) is 5.10 Å². The van der Waals surface area contributed by atoms with Crippen LogP contribution in [0.25, 0.3) is 0 Å². The van der Waals surface area contributed by atoms with E-state index in [4.69, 9.17) is 5.73 Å². The second-order valence-corrected chi connectivity index (χ2v) is 5.25. The van der Waals surface area contributed by atoms with Gasteiger partial charge in [0.1, 0.15) is 5.82 Å². The van der Waals surface area contributed by atoms with Gasteiger partial charge in [0.2, 0.25) is 0 Å². The van der Waals surface area contributed by atoms with E-state index in [1.807, 2.05) is 11.6 Å². The molecule has 2 aliphatic carbocycles. The molecule has 2 aliphatic rings. The maximum Gasteiger partial charge on any atom is 0.148 e. The van der Waals surface area contributed by atoms with E-state index in [-0.39, 0.29) is 0 Å². The predicted molar refractivity (Wildman–Crippen MR) is 60.3 cm³/mol. The number of nitrogens with zero attached hydrogens (tertiary/aromatic N) is 2. The maximum atomic E-state index is 5.72. The summed E-state index contributed by atoms with van der Waals surface area (Å²) < 4.78 is 2.01. The van der Waals surface area contributed by atoms with Gasteiger partial charge in [0.15, 0.2) is 0 Å². The van der Waals surface area contributed by atoms with E-state index >= 15 is 0 Å². The van der Waals surface area contributed by atoms with Crippen LogP contribution in [0.2, 0.25) is 0 Å². The summed E-state index contributed by atoms with van der Waals surface area (Å²) >= 11 is 0. The number of hydrogen-bond donors (Lipinski definition) is 1. The molecule has 2 atom stereocenters. The van der Waals surface area contributed by atoms with Crippen molar-refractivity contribution in [2.45, 2.75) is 39.2 Å². The van der Waals surface area contributed by atoms with Crippen LogP contribution in [0.15, 0.2) is 6.20 Å². The number of aryl methyl sites for hydroxylation is 2. The Balaban J connectivity index is 1.49. The van der Waals surface area contributed by atoms with Gasteiger partial charge < -0.3 is 5.73 Å². The summed E-state index contributed by atoms with van der Waals surface area (Å²) in [6.07, 6.45) is 7.82. The molecule has 2 saturated carbocycles. The zero-order chi connectivity index (χ0) is 10.4. The Kier molecular flexibility index (Phi) is 2.01. The number of nitrogen functional groups attached to an aromatic ring is 1. The molecule has 3 rings (SSSR count). The van der Waals surface area contributed by atoms with E-state index in [1.54, 1.807) is 0 Å². The average molecular weight is 205 g/mol. The quantitative estimate of drug-likeness (QED) is 0.819. The van der Waals surface area contributed by atoms with Crippen LogP contribution in [0, 0.1) is 24.7 Å². The first-order chi connectivity index (χ1) is 7.24. The smallest absolute Gasteiger partial charge is 0.148 e. The fourth-order valence-corrected chi connectivity index (χ4v) is 2.65. The number of rotatable bonds is 4. The molecule has 0 bridgehead atoms. The number of aromatic nitrogens is 2. The van der Waals surface area contributed by atoms with E-state index in [0.717, 1.165) is 29.9 Å². The third-order valence-corrected chi connectivity index (χ3v) is 3.92. The van der Waals surface area contributed by atoms with E-state index in [0.29, 0.717) is 5.82 Å². The molecule has 2 N–H and O–H groups in total. The Morgan fingerprint density at radius 1 is 1.53 bits per heavy atom. The summed E-state index contributed by atoms with van der Waals surface area (Å²) in [5.74, 6) is 3.84. The molecule has 1 aromatic heterocycles. The Morgan fingerprint density at radius 3 is 2.93 bits per heavy atom. The highest BCUT2D eigenvalue weighted by atomic mass is 15.3. The molecule has 1 heterocycles. The molecular formula is C12H19N3. The first kappa shape index (κ1) is 9.25. The van der Waals surface area contributed by atoms with Gasteiger partial charge in [-0.05, 0) is 50.4 Å². The SMILES string of the molecule is Cc1cn(CC[C@@H]2C[C@H]2C2CC2)nc1N. The monoisotopic (exact) mass is 205 g/mol. The van der Waals surface area contributed by atoms with E-state index < -0.39 is 0 Å². The molecular weight excluding hydrogens is 186 g/mol. The fraction of sp³-hybridized carbons (Fsp3) is 0.750. The Bertz CT molecular complexity index is 345. The van der Waals surface area contributed by atoms with Crippen molar-refractivity contribution in [3.8, 4) is 0 Å². The number of hydrogen-bond acceptors (Lipinski definition) is 2. The summed E-state index contributed by atoms with van der Waals surface area (Å²) in [6.45, 7) is 3.06. The van der Waals surface area contributed by atoms with E-state index in [1.165, 1.54) is 25.7 Å². The molecule has 0 unspecified atom stereocenters. The Morgan fingerprint density at radius 2 is 2.33 bits per heavy atom. The van der Waals surface area contributed by atoms with Crippen molar-refractivity contribution in [3.63, 3.8) is 0 Å². The normalized spacial score (nSPS) is 29.4. The van der Waals surface area contributed by atoms with Crippen molar-refractivity contribution in [1.82, 2.24) is 9.78 Å². The maximum absolute atomic E-state index is 5.72. The van der Waals surface area contributed by atoms with Gasteiger partial charge in [-0.25, -0.2) is 0 Å². The van der Waals surface area contributed by atoms with Crippen LogP contribution in [0.5, 0.6) is 0 Å². The van der Waals surface area contributed by atoms with Crippen LogP contribution >= 0.6 is 0 Å². The molecule has 0 radical (unpaired) electrons. The molecule has 82 valence electrons. The molecule has 0 aromatic carbocycles. The van der Waals surface area contributed by atoms with Gasteiger partial charge in [-0.15, -0.1) is 0 Å². The van der Waals surface area contributed by atoms with Crippen LogP contribution in [0.1, 0.15) is 31.2 Å². The zero-order valence-corrected chi connectivity index (χ0v) is 9.32. The standard InChI is InChI=1S/C12H19N3/c1-8-7-15(14-12(8)13)5-4-10-6-11(10)9-2-3-9/h7,9-11H,2-6H2,1H3,(H2,13,14)/t10-,11+/m1/s1. The zero-order valence-electron chi connectivity index (χ0n) is 9.32. The minimum absolute atomic E-state index is 0.685. The molecule has 1 aromatic rings. The van der Waals surface area contributed by atoms with Crippen molar-refractivity contribution >= 4 is 5.82 Å². The highest BCUT2D eigenvalue weighted by Gasteiger charge is 2.46. The topological polar surface area (TPSA) is 43.8 Å². The molecule has 15 heavy (non-hydrogen) atoms. The second kappa shape index (κ2) is 3.26. The molecule has 3 nitrogen and oxygen atoms in total. The summed E-state index contributed by atoms with van der Waals surface area (Å²) in [4.78, 5) is 0. The molecule has 0 spiro atoms. The van der Waals surface area contributed by atoms with Crippen LogP contribution < -0.4 is 5.73 Å². The van der Waals surface area contributed by atoms with Crippen LogP contribution in [0.4, 0.5) is 5.82 Å². The molecule has 0 amide bonds. The largest absolute Gasteiger partial charge is 0.382 e. The third-order valence-electron chi connectivity index (χ3n) is 3.92. The first-order valence-electron chi connectivity index (χ1n) is 6.03. The second-order valence-electron chi connectivity index (χ2n) is 5.25. The summed E-state index contributed by atoms with van der Waals surface area (Å²) in [5.41, 5.74) is 6.82. The van der Waals surface area contributed by atoms with E-state index in [9.17, 15) is 0 Å². The first-order valence-corrected chi connectivity index (χ1v) is 6.03. The predicted octanol–water partition coefficient (Wildman–Crippen LogP) is 2.21. The van der Waals surface area contributed by atoms with Gasteiger partial charge in [0.05, 0.1) is 0 Å². The van der Waals surface area contributed by atoms with Crippen LogP contribution in [0.3, 0.4) is 0 Å². The van der Waals surface area contributed by atoms with Gasteiger partial charge in [0, 0.05) is 18.3 Å².